The molecule has 0 saturated heterocycles. The first-order valence-electron chi connectivity index (χ1n) is 10.2. The van der Waals surface area contributed by atoms with Gasteiger partial charge in [0.25, 0.3) is 0 Å². The molecule has 0 spiro atoms. The SMILES string of the molecule is C=C/C=C(\C=C)NC(=O)Nc1ccc(CCNc2ncnc3cc(OC)c(OC)cc23)cn1. The molecule has 0 bridgehead atoms. The van der Waals surface area contributed by atoms with Crippen molar-refractivity contribution in [2.45, 2.75) is 6.42 Å². The van der Waals surface area contributed by atoms with Gasteiger partial charge in [0.2, 0.25) is 0 Å². The van der Waals surface area contributed by atoms with E-state index in [9.17, 15) is 4.79 Å². The Morgan fingerprint density at radius 1 is 1.09 bits per heavy atom. The Bertz CT molecular complexity index is 1170. The quantitative estimate of drug-likeness (QED) is 0.403. The van der Waals surface area contributed by atoms with Crippen LogP contribution in [0.5, 0.6) is 11.5 Å². The van der Waals surface area contributed by atoms with E-state index in [0.717, 1.165) is 16.5 Å². The van der Waals surface area contributed by atoms with Gasteiger partial charge in [0, 0.05) is 29.9 Å². The molecule has 9 heteroatoms. The first kappa shape index (κ1) is 23.3. The highest BCUT2D eigenvalue weighted by atomic mass is 16.5. The fourth-order valence-corrected chi connectivity index (χ4v) is 3.06. The number of allylic oxidation sites excluding steroid dienone is 3. The number of carbonyl (C=O) groups excluding carboxylic acids is 1. The lowest BCUT2D eigenvalue weighted by molar-refractivity contribution is 0.254. The van der Waals surface area contributed by atoms with Crippen molar-refractivity contribution in [2.24, 2.45) is 0 Å². The number of methoxy groups -OCH3 is 2. The van der Waals surface area contributed by atoms with E-state index in [1.54, 1.807) is 38.6 Å². The molecule has 2 aromatic heterocycles. The number of ether oxygens (including phenoxy) is 2. The number of pyridine rings is 1. The zero-order valence-electron chi connectivity index (χ0n) is 18.6. The number of aromatic nitrogens is 3. The smallest absolute Gasteiger partial charge is 0.324 e. The second-order valence-electron chi connectivity index (χ2n) is 6.82. The molecular weight excluding hydrogens is 420 g/mol. The topological polar surface area (TPSA) is 110 Å². The Labute approximate surface area is 192 Å². The minimum Gasteiger partial charge on any atom is -0.493 e. The summed E-state index contributed by atoms with van der Waals surface area (Å²) in [5, 5.41) is 9.50. The van der Waals surface area contributed by atoms with Gasteiger partial charge in [0.1, 0.15) is 18.0 Å². The number of hydrogen-bond acceptors (Lipinski definition) is 7. The Morgan fingerprint density at radius 3 is 2.55 bits per heavy atom. The molecule has 0 aliphatic carbocycles. The van der Waals surface area contributed by atoms with Crippen molar-refractivity contribution >= 4 is 28.6 Å². The molecule has 2 amide bonds. The normalized spacial score (nSPS) is 10.9. The molecule has 0 atom stereocenters. The lowest BCUT2D eigenvalue weighted by atomic mass is 10.2. The predicted molar refractivity (Wildman–Crippen MR) is 130 cm³/mol. The van der Waals surface area contributed by atoms with E-state index in [0.29, 0.717) is 41.8 Å². The van der Waals surface area contributed by atoms with E-state index in [-0.39, 0.29) is 0 Å². The van der Waals surface area contributed by atoms with Gasteiger partial charge in [-0.25, -0.2) is 19.7 Å². The fourth-order valence-electron chi connectivity index (χ4n) is 3.06. The van der Waals surface area contributed by atoms with E-state index in [2.05, 4.69) is 44.1 Å². The Morgan fingerprint density at radius 2 is 1.88 bits per heavy atom. The minimum absolute atomic E-state index is 0.410. The third kappa shape index (κ3) is 6.07. The summed E-state index contributed by atoms with van der Waals surface area (Å²) in [6, 6.07) is 6.91. The van der Waals surface area contributed by atoms with E-state index < -0.39 is 6.03 Å². The number of hydrogen-bond donors (Lipinski definition) is 3. The number of fused-ring (bicyclic) bond motifs is 1. The summed E-state index contributed by atoms with van der Waals surface area (Å²) >= 11 is 0. The molecule has 0 aliphatic heterocycles. The average Bonchev–Trinajstić information content (AvgIpc) is 2.84. The molecule has 0 aliphatic rings. The number of carbonyl (C=O) groups is 1. The van der Waals surface area contributed by atoms with Crippen LogP contribution in [0, 0.1) is 0 Å². The predicted octanol–water partition coefficient (Wildman–Crippen LogP) is 4.07. The van der Waals surface area contributed by atoms with Crippen LogP contribution in [0.15, 0.2) is 73.9 Å². The summed E-state index contributed by atoms with van der Waals surface area (Å²) in [5.41, 5.74) is 2.30. The molecule has 0 unspecified atom stereocenters. The number of benzene rings is 1. The number of nitrogens with zero attached hydrogens (tertiary/aromatic N) is 3. The molecule has 1 aromatic carbocycles. The first-order valence-corrected chi connectivity index (χ1v) is 10.2. The Kier molecular flexibility index (Phi) is 7.96. The molecule has 2 heterocycles. The summed E-state index contributed by atoms with van der Waals surface area (Å²) < 4.78 is 10.7. The Balaban J connectivity index is 1.59. The van der Waals surface area contributed by atoms with Gasteiger partial charge in [-0.3, -0.25) is 5.32 Å². The number of nitrogens with one attached hydrogen (secondary N) is 3. The van der Waals surface area contributed by atoms with Crippen LogP contribution in [0.4, 0.5) is 16.4 Å². The van der Waals surface area contributed by atoms with Crippen molar-refractivity contribution < 1.29 is 14.3 Å². The first-order chi connectivity index (χ1) is 16.1. The highest BCUT2D eigenvalue weighted by molar-refractivity contribution is 5.91. The summed E-state index contributed by atoms with van der Waals surface area (Å²) in [7, 11) is 3.18. The van der Waals surface area contributed by atoms with E-state index in [1.807, 2.05) is 18.2 Å². The molecule has 0 saturated carbocycles. The summed E-state index contributed by atoms with van der Waals surface area (Å²) in [4.78, 5) is 25.0. The molecule has 0 fully saturated rings. The zero-order chi connectivity index (χ0) is 23.6. The van der Waals surface area contributed by atoms with Gasteiger partial charge in [-0.15, -0.1) is 0 Å². The van der Waals surface area contributed by atoms with E-state index >= 15 is 0 Å². The fraction of sp³-hybridized carbons (Fsp3) is 0.167. The molecule has 0 radical (unpaired) electrons. The Hall–Kier alpha value is -4.40. The number of urea groups is 1. The average molecular weight is 447 g/mol. The number of rotatable bonds is 10. The van der Waals surface area contributed by atoms with Gasteiger partial charge in [0.15, 0.2) is 11.5 Å². The summed E-state index contributed by atoms with van der Waals surface area (Å²) in [6.07, 6.45) is 8.67. The van der Waals surface area contributed by atoms with Crippen LogP contribution < -0.4 is 25.4 Å². The van der Waals surface area contributed by atoms with Crippen molar-refractivity contribution in [2.75, 3.05) is 31.4 Å². The third-order valence-electron chi connectivity index (χ3n) is 4.69. The van der Waals surface area contributed by atoms with E-state index in [1.165, 1.54) is 12.4 Å². The number of anilines is 2. The lowest BCUT2D eigenvalue weighted by Gasteiger charge is -2.12. The summed E-state index contributed by atoms with van der Waals surface area (Å²) in [5.74, 6) is 2.36. The van der Waals surface area contributed by atoms with Gasteiger partial charge < -0.3 is 20.1 Å². The maximum absolute atomic E-state index is 12.0. The number of amides is 2. The molecule has 170 valence electrons. The second kappa shape index (κ2) is 11.3. The monoisotopic (exact) mass is 446 g/mol. The largest absolute Gasteiger partial charge is 0.493 e. The van der Waals surface area contributed by atoms with Gasteiger partial charge in [0.05, 0.1) is 19.7 Å². The molecule has 3 rings (SSSR count). The summed E-state index contributed by atoms with van der Waals surface area (Å²) in [6.45, 7) is 7.86. The third-order valence-corrected chi connectivity index (χ3v) is 4.69. The highest BCUT2D eigenvalue weighted by Gasteiger charge is 2.11. The van der Waals surface area contributed by atoms with Crippen LogP contribution in [0.25, 0.3) is 10.9 Å². The van der Waals surface area contributed by atoms with Crippen molar-refractivity contribution in [1.82, 2.24) is 20.3 Å². The van der Waals surface area contributed by atoms with E-state index in [4.69, 9.17) is 9.47 Å². The van der Waals surface area contributed by atoms with Crippen LogP contribution in [0.2, 0.25) is 0 Å². The highest BCUT2D eigenvalue weighted by Crippen LogP contribution is 2.33. The van der Waals surface area contributed by atoms with Crippen molar-refractivity contribution in [3.8, 4) is 11.5 Å². The van der Waals surface area contributed by atoms with Crippen LogP contribution in [0.1, 0.15) is 5.56 Å². The molecule has 33 heavy (non-hydrogen) atoms. The van der Waals surface area contributed by atoms with Crippen LogP contribution >= 0.6 is 0 Å². The lowest BCUT2D eigenvalue weighted by Crippen LogP contribution is -2.27. The van der Waals surface area contributed by atoms with Crippen molar-refractivity contribution in [1.29, 1.82) is 0 Å². The molecular formula is C24H26N6O3. The van der Waals surface area contributed by atoms with Gasteiger partial charge in [-0.05, 0) is 36.3 Å². The van der Waals surface area contributed by atoms with Gasteiger partial charge in [-0.1, -0.05) is 25.3 Å². The van der Waals surface area contributed by atoms with Gasteiger partial charge in [-0.2, -0.15) is 0 Å². The van der Waals surface area contributed by atoms with Crippen molar-refractivity contribution in [3.63, 3.8) is 0 Å². The zero-order valence-corrected chi connectivity index (χ0v) is 18.6. The maximum Gasteiger partial charge on any atom is 0.324 e. The van der Waals surface area contributed by atoms with Crippen molar-refractivity contribution in [3.05, 3.63) is 79.4 Å². The minimum atomic E-state index is -0.410. The van der Waals surface area contributed by atoms with Crippen LogP contribution in [-0.4, -0.2) is 41.7 Å². The van der Waals surface area contributed by atoms with Crippen LogP contribution in [0.3, 0.4) is 0 Å². The molecule has 9 nitrogen and oxygen atoms in total. The maximum atomic E-state index is 12.0. The standard InChI is InChI=1S/C24H26N6O3/c1-5-7-17(6-2)29-24(31)30-22-9-8-16(14-26-22)10-11-25-23-18-12-20(32-3)21(33-4)13-19(18)27-15-28-23/h5-9,12-15H,1-2,10-11H2,3-4H3,(H,25,27,28)(H2,26,29,30,31)/b17-7+. The second-order valence-corrected chi connectivity index (χ2v) is 6.82. The molecule has 3 aromatic rings. The molecule has 3 N–H and O–H groups in total. The van der Waals surface area contributed by atoms with Crippen LogP contribution in [-0.2, 0) is 6.42 Å². The van der Waals surface area contributed by atoms with Gasteiger partial charge >= 0.3 is 6.03 Å².